The third kappa shape index (κ3) is 3.95. The minimum absolute atomic E-state index is 0.0883. The molecule has 3 aromatic rings. The van der Waals surface area contributed by atoms with E-state index in [0.717, 1.165) is 12.1 Å². The summed E-state index contributed by atoms with van der Waals surface area (Å²) in [4.78, 5) is 20.8. The van der Waals surface area contributed by atoms with Crippen molar-refractivity contribution < 1.29 is 9.21 Å². The van der Waals surface area contributed by atoms with Gasteiger partial charge in [-0.25, -0.2) is 0 Å². The van der Waals surface area contributed by atoms with Gasteiger partial charge in [0, 0.05) is 31.9 Å². The van der Waals surface area contributed by atoms with Gasteiger partial charge in [-0.05, 0) is 36.2 Å². The SMILES string of the molecule is CCc1ccc(Nc2cnnc(N3CCN(C(=O)c4ccco4)CC3)n2)cc1. The van der Waals surface area contributed by atoms with Gasteiger partial charge in [-0.3, -0.25) is 4.79 Å². The molecular formula is C20H22N6O2. The molecule has 0 unspecified atom stereocenters. The number of aromatic nitrogens is 3. The van der Waals surface area contributed by atoms with Crippen LogP contribution in [0.15, 0.2) is 53.3 Å². The van der Waals surface area contributed by atoms with Crippen molar-refractivity contribution in [3.63, 3.8) is 0 Å². The molecule has 1 N–H and O–H groups in total. The Bertz CT molecular complexity index is 918. The summed E-state index contributed by atoms with van der Waals surface area (Å²) in [6.07, 6.45) is 4.12. The molecule has 0 saturated carbocycles. The molecule has 144 valence electrons. The van der Waals surface area contributed by atoms with Crippen LogP contribution in [0.1, 0.15) is 23.0 Å². The smallest absolute Gasteiger partial charge is 0.289 e. The summed E-state index contributed by atoms with van der Waals surface area (Å²) in [6, 6.07) is 11.6. The Morgan fingerprint density at radius 1 is 1.14 bits per heavy atom. The zero-order valence-corrected chi connectivity index (χ0v) is 15.7. The van der Waals surface area contributed by atoms with Crippen LogP contribution in [-0.4, -0.2) is 52.2 Å². The van der Waals surface area contributed by atoms with Crippen LogP contribution in [0.4, 0.5) is 17.5 Å². The summed E-state index contributed by atoms with van der Waals surface area (Å²) in [5.41, 5.74) is 2.24. The first kappa shape index (κ1) is 18.0. The average Bonchev–Trinajstić information content (AvgIpc) is 3.29. The van der Waals surface area contributed by atoms with Crippen LogP contribution in [0.3, 0.4) is 0 Å². The molecule has 1 aromatic carbocycles. The number of aryl methyl sites for hydroxylation is 1. The van der Waals surface area contributed by atoms with Gasteiger partial charge < -0.3 is 19.5 Å². The molecule has 1 aliphatic heterocycles. The lowest BCUT2D eigenvalue weighted by molar-refractivity contribution is 0.0714. The second-order valence-corrected chi connectivity index (χ2v) is 6.57. The van der Waals surface area contributed by atoms with Gasteiger partial charge >= 0.3 is 0 Å². The maximum absolute atomic E-state index is 12.4. The Kier molecular flexibility index (Phi) is 5.18. The lowest BCUT2D eigenvalue weighted by atomic mass is 10.1. The summed E-state index contributed by atoms with van der Waals surface area (Å²) in [5.74, 6) is 1.48. The number of amides is 1. The van der Waals surface area contributed by atoms with Crippen LogP contribution in [0, 0.1) is 0 Å². The van der Waals surface area contributed by atoms with Crippen molar-refractivity contribution in [2.75, 3.05) is 36.4 Å². The molecule has 0 atom stereocenters. The van der Waals surface area contributed by atoms with E-state index in [4.69, 9.17) is 4.42 Å². The molecule has 1 amide bonds. The molecule has 3 heterocycles. The van der Waals surface area contributed by atoms with E-state index in [1.165, 1.54) is 11.8 Å². The van der Waals surface area contributed by atoms with E-state index < -0.39 is 0 Å². The summed E-state index contributed by atoms with van der Waals surface area (Å²) >= 11 is 0. The Balaban J connectivity index is 1.38. The number of nitrogens with one attached hydrogen (secondary N) is 1. The molecule has 0 bridgehead atoms. The number of carbonyl (C=O) groups is 1. The van der Waals surface area contributed by atoms with Crippen molar-refractivity contribution in [3.05, 3.63) is 60.2 Å². The minimum atomic E-state index is -0.0883. The highest BCUT2D eigenvalue weighted by molar-refractivity contribution is 5.91. The van der Waals surface area contributed by atoms with Crippen LogP contribution < -0.4 is 10.2 Å². The Morgan fingerprint density at radius 3 is 2.61 bits per heavy atom. The van der Waals surface area contributed by atoms with Crippen molar-refractivity contribution >= 4 is 23.4 Å². The topological polar surface area (TPSA) is 87.4 Å². The van der Waals surface area contributed by atoms with Crippen LogP contribution in [-0.2, 0) is 6.42 Å². The normalized spacial score (nSPS) is 14.2. The van der Waals surface area contributed by atoms with Crippen LogP contribution >= 0.6 is 0 Å². The fourth-order valence-electron chi connectivity index (χ4n) is 3.13. The van der Waals surface area contributed by atoms with Crippen LogP contribution in [0.2, 0.25) is 0 Å². The third-order valence-electron chi connectivity index (χ3n) is 4.76. The van der Waals surface area contributed by atoms with Gasteiger partial charge in [0.1, 0.15) is 0 Å². The highest BCUT2D eigenvalue weighted by Gasteiger charge is 2.25. The molecule has 0 aliphatic carbocycles. The highest BCUT2D eigenvalue weighted by atomic mass is 16.3. The average molecular weight is 378 g/mol. The predicted octanol–water partition coefficient (Wildman–Crippen LogP) is 2.73. The summed E-state index contributed by atoms with van der Waals surface area (Å²) in [7, 11) is 0. The van der Waals surface area contributed by atoms with Gasteiger partial charge in [0.15, 0.2) is 11.6 Å². The highest BCUT2D eigenvalue weighted by Crippen LogP contribution is 2.18. The first-order valence-corrected chi connectivity index (χ1v) is 9.36. The van der Waals surface area contributed by atoms with E-state index in [2.05, 4.69) is 39.6 Å². The molecule has 1 saturated heterocycles. The zero-order valence-electron chi connectivity index (χ0n) is 15.7. The van der Waals surface area contributed by atoms with Crippen molar-refractivity contribution in [1.82, 2.24) is 20.1 Å². The molecule has 0 radical (unpaired) electrons. The second-order valence-electron chi connectivity index (χ2n) is 6.57. The van der Waals surface area contributed by atoms with Crippen molar-refractivity contribution in [2.45, 2.75) is 13.3 Å². The third-order valence-corrected chi connectivity index (χ3v) is 4.76. The van der Waals surface area contributed by atoms with E-state index in [9.17, 15) is 4.79 Å². The molecule has 1 aliphatic rings. The van der Waals surface area contributed by atoms with Crippen molar-refractivity contribution in [3.8, 4) is 0 Å². The maximum atomic E-state index is 12.4. The standard InChI is InChI=1S/C20H22N6O2/c1-2-15-5-7-16(8-6-15)22-18-14-21-24-20(23-18)26-11-9-25(10-12-26)19(27)17-4-3-13-28-17/h3-8,13-14H,2,9-12H2,1H3,(H,22,23,24). The summed E-state index contributed by atoms with van der Waals surface area (Å²) in [6.45, 7) is 4.58. The molecular weight excluding hydrogens is 356 g/mol. The van der Waals surface area contributed by atoms with Crippen LogP contribution in [0.5, 0.6) is 0 Å². The van der Waals surface area contributed by atoms with E-state index >= 15 is 0 Å². The van der Waals surface area contributed by atoms with E-state index in [0.29, 0.717) is 43.7 Å². The molecule has 28 heavy (non-hydrogen) atoms. The fourth-order valence-corrected chi connectivity index (χ4v) is 3.13. The molecule has 8 nitrogen and oxygen atoms in total. The quantitative estimate of drug-likeness (QED) is 0.730. The Labute approximate surface area is 163 Å². The van der Waals surface area contributed by atoms with Gasteiger partial charge in [0.2, 0.25) is 5.95 Å². The first-order chi connectivity index (χ1) is 13.7. The van der Waals surface area contributed by atoms with E-state index in [-0.39, 0.29) is 5.91 Å². The number of rotatable bonds is 5. The number of hydrogen-bond donors (Lipinski definition) is 1. The van der Waals surface area contributed by atoms with Gasteiger partial charge in [0.25, 0.3) is 5.91 Å². The Hall–Kier alpha value is -3.42. The number of benzene rings is 1. The number of furan rings is 1. The zero-order chi connectivity index (χ0) is 19.3. The summed E-state index contributed by atoms with van der Waals surface area (Å²) in [5, 5.41) is 11.5. The first-order valence-electron chi connectivity index (χ1n) is 9.36. The molecule has 4 rings (SSSR count). The number of carbonyl (C=O) groups excluding carboxylic acids is 1. The van der Waals surface area contributed by atoms with Crippen molar-refractivity contribution in [2.24, 2.45) is 0 Å². The number of anilines is 3. The minimum Gasteiger partial charge on any atom is -0.459 e. The monoisotopic (exact) mass is 378 g/mol. The molecule has 1 fully saturated rings. The fraction of sp³-hybridized carbons (Fsp3) is 0.300. The van der Waals surface area contributed by atoms with E-state index in [1.807, 2.05) is 17.0 Å². The number of hydrogen-bond acceptors (Lipinski definition) is 7. The van der Waals surface area contributed by atoms with Gasteiger partial charge in [0.05, 0.1) is 12.5 Å². The Morgan fingerprint density at radius 2 is 1.93 bits per heavy atom. The lowest BCUT2D eigenvalue weighted by Gasteiger charge is -2.34. The largest absolute Gasteiger partial charge is 0.459 e. The van der Waals surface area contributed by atoms with Gasteiger partial charge in [-0.1, -0.05) is 19.1 Å². The van der Waals surface area contributed by atoms with Crippen LogP contribution in [0.25, 0.3) is 0 Å². The molecule has 2 aromatic heterocycles. The molecule has 0 spiro atoms. The van der Waals surface area contributed by atoms with Gasteiger partial charge in [-0.15, -0.1) is 5.10 Å². The number of nitrogens with zero attached hydrogens (tertiary/aromatic N) is 5. The van der Waals surface area contributed by atoms with E-state index in [1.54, 1.807) is 23.2 Å². The van der Waals surface area contributed by atoms with Crippen molar-refractivity contribution in [1.29, 1.82) is 0 Å². The molecule has 8 heteroatoms. The predicted molar refractivity (Wildman–Crippen MR) is 106 cm³/mol. The summed E-state index contributed by atoms with van der Waals surface area (Å²) < 4.78 is 5.20. The maximum Gasteiger partial charge on any atom is 0.289 e. The van der Waals surface area contributed by atoms with Gasteiger partial charge in [-0.2, -0.15) is 10.1 Å². The number of piperazine rings is 1. The second kappa shape index (κ2) is 8.08. The lowest BCUT2D eigenvalue weighted by Crippen LogP contribution is -2.49.